The fourth-order valence-electron chi connectivity index (χ4n) is 2.69. The van der Waals surface area contributed by atoms with Gasteiger partial charge in [0.2, 0.25) is 5.91 Å². The molecule has 0 spiro atoms. The van der Waals surface area contributed by atoms with Gasteiger partial charge in [-0.2, -0.15) is 0 Å². The highest BCUT2D eigenvalue weighted by molar-refractivity contribution is 5.78. The Morgan fingerprint density at radius 1 is 1.40 bits per heavy atom. The molecule has 0 saturated heterocycles. The Kier molecular flexibility index (Phi) is 4.33. The van der Waals surface area contributed by atoms with Crippen LogP contribution in [0.4, 0.5) is 0 Å². The topological polar surface area (TPSA) is 61.4 Å². The molecule has 1 aliphatic carbocycles. The molecule has 0 aromatic heterocycles. The van der Waals surface area contributed by atoms with Crippen LogP contribution < -0.4 is 10.6 Å². The van der Waals surface area contributed by atoms with E-state index in [1.165, 1.54) is 11.1 Å². The van der Waals surface area contributed by atoms with Gasteiger partial charge in [0.15, 0.2) is 0 Å². The predicted octanol–water partition coefficient (Wildman–Crippen LogP) is 2.27. The van der Waals surface area contributed by atoms with Gasteiger partial charge in [0.1, 0.15) is 5.75 Å². The van der Waals surface area contributed by atoms with Gasteiger partial charge in [0.25, 0.3) is 0 Å². The highest BCUT2D eigenvalue weighted by atomic mass is 16.3. The molecule has 0 radical (unpaired) electrons. The molecule has 3 N–H and O–H groups in total. The average Bonchev–Trinajstić information content (AvgIpc) is 2.33. The summed E-state index contributed by atoms with van der Waals surface area (Å²) in [5, 5.41) is 15.8. The third kappa shape index (κ3) is 3.97. The summed E-state index contributed by atoms with van der Waals surface area (Å²) in [6.07, 6.45) is 3.10. The van der Waals surface area contributed by atoms with Crippen molar-refractivity contribution < 1.29 is 9.90 Å². The van der Waals surface area contributed by atoms with Crippen LogP contribution in [-0.2, 0) is 11.2 Å². The van der Waals surface area contributed by atoms with Crippen LogP contribution in [0.5, 0.6) is 5.75 Å². The number of hydrogen-bond donors (Lipinski definition) is 3. The Morgan fingerprint density at radius 2 is 2.15 bits per heavy atom. The summed E-state index contributed by atoms with van der Waals surface area (Å²) in [6, 6.07) is 5.71. The van der Waals surface area contributed by atoms with Crippen molar-refractivity contribution in [2.24, 2.45) is 0 Å². The van der Waals surface area contributed by atoms with Gasteiger partial charge in [0.05, 0.1) is 6.54 Å². The first-order valence-corrected chi connectivity index (χ1v) is 7.21. The molecule has 4 nitrogen and oxygen atoms in total. The number of aromatic hydroxyl groups is 1. The van der Waals surface area contributed by atoms with Crippen LogP contribution >= 0.6 is 0 Å². The van der Waals surface area contributed by atoms with Crippen molar-refractivity contribution in [2.75, 3.05) is 6.54 Å². The van der Waals surface area contributed by atoms with Crippen LogP contribution in [-0.4, -0.2) is 23.1 Å². The standard InChI is InChI=1S/C16H24N2O2/c1-16(2,3)18-15(20)10-17-14-6-4-5-11-9-12(19)7-8-13(11)14/h7-9,14,17,19H,4-6,10H2,1-3H3,(H,18,20). The molecule has 20 heavy (non-hydrogen) atoms. The number of phenolic OH excluding ortho intramolecular Hbond substituents is 1. The van der Waals surface area contributed by atoms with Gasteiger partial charge in [0, 0.05) is 11.6 Å². The normalized spacial score (nSPS) is 18.4. The second kappa shape index (κ2) is 5.83. The molecular weight excluding hydrogens is 252 g/mol. The number of benzene rings is 1. The zero-order valence-electron chi connectivity index (χ0n) is 12.5. The van der Waals surface area contributed by atoms with Crippen LogP contribution in [0.3, 0.4) is 0 Å². The third-order valence-electron chi connectivity index (χ3n) is 3.46. The van der Waals surface area contributed by atoms with E-state index >= 15 is 0 Å². The van der Waals surface area contributed by atoms with E-state index in [2.05, 4.69) is 10.6 Å². The van der Waals surface area contributed by atoms with Crippen LogP contribution in [0.15, 0.2) is 18.2 Å². The summed E-state index contributed by atoms with van der Waals surface area (Å²) in [6.45, 7) is 6.25. The third-order valence-corrected chi connectivity index (χ3v) is 3.46. The Labute approximate surface area is 120 Å². The van der Waals surface area contributed by atoms with Gasteiger partial charge in [-0.1, -0.05) is 6.07 Å². The molecular formula is C16H24N2O2. The highest BCUT2D eigenvalue weighted by Crippen LogP contribution is 2.31. The summed E-state index contributed by atoms with van der Waals surface area (Å²) < 4.78 is 0. The lowest BCUT2D eigenvalue weighted by atomic mass is 9.87. The van der Waals surface area contributed by atoms with Crippen molar-refractivity contribution in [3.05, 3.63) is 29.3 Å². The largest absolute Gasteiger partial charge is 0.508 e. The lowest BCUT2D eigenvalue weighted by Gasteiger charge is -2.27. The molecule has 1 aromatic rings. The van der Waals surface area contributed by atoms with Crippen molar-refractivity contribution in [2.45, 2.75) is 51.6 Å². The molecule has 1 aliphatic rings. The average molecular weight is 276 g/mol. The van der Waals surface area contributed by atoms with Gasteiger partial charge in [-0.15, -0.1) is 0 Å². The Hall–Kier alpha value is -1.55. The monoisotopic (exact) mass is 276 g/mol. The van der Waals surface area contributed by atoms with Gasteiger partial charge in [-0.3, -0.25) is 4.79 Å². The van der Waals surface area contributed by atoms with E-state index in [9.17, 15) is 9.90 Å². The number of amides is 1. The van der Waals surface area contributed by atoms with Gasteiger partial charge in [-0.05, 0) is 63.3 Å². The van der Waals surface area contributed by atoms with E-state index in [4.69, 9.17) is 0 Å². The number of phenols is 1. The molecule has 0 fully saturated rings. The lowest BCUT2D eigenvalue weighted by Crippen LogP contribution is -2.45. The van der Waals surface area contributed by atoms with Crippen molar-refractivity contribution in [3.8, 4) is 5.75 Å². The fourth-order valence-corrected chi connectivity index (χ4v) is 2.69. The number of carbonyl (C=O) groups is 1. The molecule has 0 heterocycles. The summed E-state index contributed by atoms with van der Waals surface area (Å²) in [7, 11) is 0. The SMILES string of the molecule is CC(C)(C)NC(=O)CNC1CCCc2cc(O)ccc21. The van der Waals surface area contributed by atoms with Gasteiger partial charge in [-0.25, -0.2) is 0 Å². The molecule has 1 unspecified atom stereocenters. The minimum Gasteiger partial charge on any atom is -0.508 e. The lowest BCUT2D eigenvalue weighted by molar-refractivity contribution is -0.121. The smallest absolute Gasteiger partial charge is 0.234 e. The van der Waals surface area contributed by atoms with E-state index in [-0.39, 0.29) is 17.5 Å². The fraction of sp³-hybridized carbons (Fsp3) is 0.562. The second-order valence-electron chi connectivity index (χ2n) is 6.51. The van der Waals surface area contributed by atoms with Crippen LogP contribution in [0, 0.1) is 0 Å². The summed E-state index contributed by atoms with van der Waals surface area (Å²) in [5.74, 6) is 0.332. The van der Waals surface area contributed by atoms with Gasteiger partial charge >= 0.3 is 0 Å². The number of carbonyl (C=O) groups excluding carboxylic acids is 1. The van der Waals surface area contributed by atoms with Crippen LogP contribution in [0.25, 0.3) is 0 Å². The maximum absolute atomic E-state index is 11.9. The van der Waals surface area contributed by atoms with Crippen LogP contribution in [0.1, 0.15) is 50.8 Å². The summed E-state index contributed by atoms with van der Waals surface area (Å²) in [5.41, 5.74) is 2.19. The Bertz CT molecular complexity index is 492. The highest BCUT2D eigenvalue weighted by Gasteiger charge is 2.21. The molecule has 4 heteroatoms. The number of hydrogen-bond acceptors (Lipinski definition) is 3. The Morgan fingerprint density at radius 3 is 2.85 bits per heavy atom. The first-order chi connectivity index (χ1) is 9.35. The van der Waals surface area contributed by atoms with Gasteiger partial charge < -0.3 is 15.7 Å². The molecule has 1 amide bonds. The first-order valence-electron chi connectivity index (χ1n) is 7.21. The number of aryl methyl sites for hydroxylation is 1. The van der Waals surface area contributed by atoms with E-state index < -0.39 is 0 Å². The molecule has 0 aliphatic heterocycles. The minimum atomic E-state index is -0.199. The summed E-state index contributed by atoms with van der Waals surface area (Å²) >= 11 is 0. The van der Waals surface area contributed by atoms with E-state index in [1.54, 1.807) is 6.07 Å². The van der Waals surface area contributed by atoms with Crippen molar-refractivity contribution in [1.82, 2.24) is 10.6 Å². The molecule has 2 rings (SSSR count). The van der Waals surface area contributed by atoms with E-state index in [0.717, 1.165) is 19.3 Å². The zero-order chi connectivity index (χ0) is 14.8. The maximum Gasteiger partial charge on any atom is 0.234 e. The molecule has 0 bridgehead atoms. The quantitative estimate of drug-likeness (QED) is 0.793. The number of rotatable bonds is 3. The van der Waals surface area contributed by atoms with E-state index in [0.29, 0.717) is 12.3 Å². The summed E-state index contributed by atoms with van der Waals surface area (Å²) in [4.78, 5) is 11.9. The first kappa shape index (κ1) is 14.9. The van der Waals surface area contributed by atoms with Crippen molar-refractivity contribution in [3.63, 3.8) is 0 Å². The number of fused-ring (bicyclic) bond motifs is 1. The maximum atomic E-state index is 11.9. The van der Waals surface area contributed by atoms with Crippen molar-refractivity contribution in [1.29, 1.82) is 0 Å². The minimum absolute atomic E-state index is 0.0170. The number of nitrogens with one attached hydrogen (secondary N) is 2. The zero-order valence-corrected chi connectivity index (χ0v) is 12.5. The Balaban J connectivity index is 1.97. The molecule has 110 valence electrons. The predicted molar refractivity (Wildman–Crippen MR) is 79.7 cm³/mol. The van der Waals surface area contributed by atoms with E-state index in [1.807, 2.05) is 32.9 Å². The second-order valence-corrected chi connectivity index (χ2v) is 6.51. The molecule has 1 atom stereocenters. The van der Waals surface area contributed by atoms with Crippen molar-refractivity contribution >= 4 is 5.91 Å². The molecule has 1 aromatic carbocycles. The molecule has 0 saturated carbocycles. The van der Waals surface area contributed by atoms with Crippen LogP contribution in [0.2, 0.25) is 0 Å².